The van der Waals surface area contributed by atoms with Crippen LogP contribution in [-0.4, -0.2) is 19.3 Å². The molecule has 2 aliphatic rings. The first-order chi connectivity index (χ1) is 8.22. The number of benzene rings is 1. The molecule has 92 valence electrons. The molecule has 3 heteroatoms. The van der Waals surface area contributed by atoms with E-state index in [-0.39, 0.29) is 0 Å². The van der Waals surface area contributed by atoms with E-state index in [1.54, 1.807) is 0 Å². The van der Waals surface area contributed by atoms with E-state index in [2.05, 4.69) is 19.1 Å². The van der Waals surface area contributed by atoms with Crippen molar-refractivity contribution >= 4 is 0 Å². The molecule has 1 fully saturated rings. The Labute approximate surface area is 102 Å². The second-order valence-corrected chi connectivity index (χ2v) is 5.22. The molecular formula is C14H19NO2. The van der Waals surface area contributed by atoms with E-state index in [0.717, 1.165) is 36.7 Å². The van der Waals surface area contributed by atoms with Gasteiger partial charge in [-0.15, -0.1) is 0 Å². The highest BCUT2D eigenvalue weighted by Gasteiger charge is 2.26. The summed E-state index contributed by atoms with van der Waals surface area (Å²) in [5.41, 5.74) is 8.51. The molecule has 3 rings (SSSR count). The maximum absolute atomic E-state index is 5.83. The molecule has 0 atom stereocenters. The third kappa shape index (κ3) is 2.12. The smallest absolute Gasteiger partial charge is 0.161 e. The van der Waals surface area contributed by atoms with Gasteiger partial charge in [0.25, 0.3) is 0 Å². The first-order valence-electron chi connectivity index (χ1n) is 6.37. The minimum Gasteiger partial charge on any atom is -0.486 e. The van der Waals surface area contributed by atoms with E-state index in [0.29, 0.717) is 19.3 Å². The van der Waals surface area contributed by atoms with Crippen molar-refractivity contribution in [1.29, 1.82) is 0 Å². The van der Waals surface area contributed by atoms with E-state index in [1.807, 2.05) is 0 Å². The van der Waals surface area contributed by atoms with Gasteiger partial charge < -0.3 is 15.2 Å². The fraction of sp³-hybridized carbons (Fsp3) is 0.571. The van der Waals surface area contributed by atoms with Gasteiger partial charge in [-0.3, -0.25) is 0 Å². The van der Waals surface area contributed by atoms with Gasteiger partial charge in [-0.05, 0) is 55.4 Å². The first-order valence-corrected chi connectivity index (χ1v) is 6.37. The average Bonchev–Trinajstić information content (AvgIpc) is 2.28. The van der Waals surface area contributed by atoms with Gasteiger partial charge in [-0.1, -0.05) is 0 Å². The third-order valence-electron chi connectivity index (χ3n) is 3.78. The van der Waals surface area contributed by atoms with Crippen LogP contribution < -0.4 is 15.2 Å². The van der Waals surface area contributed by atoms with Gasteiger partial charge in [0.05, 0.1) is 0 Å². The Morgan fingerprint density at radius 2 is 1.82 bits per heavy atom. The Bertz CT molecular complexity index is 424. The van der Waals surface area contributed by atoms with Gasteiger partial charge >= 0.3 is 0 Å². The van der Waals surface area contributed by atoms with Crippen LogP contribution in [0.2, 0.25) is 0 Å². The molecule has 1 aromatic carbocycles. The maximum Gasteiger partial charge on any atom is 0.161 e. The highest BCUT2D eigenvalue weighted by molar-refractivity contribution is 5.48. The van der Waals surface area contributed by atoms with Crippen LogP contribution in [0, 0.1) is 12.8 Å². The molecule has 0 saturated heterocycles. The molecule has 0 radical (unpaired) electrons. The summed E-state index contributed by atoms with van der Waals surface area (Å²) in [4.78, 5) is 0. The van der Waals surface area contributed by atoms with Crippen LogP contribution in [0.15, 0.2) is 12.1 Å². The molecule has 1 saturated carbocycles. The number of nitrogens with two attached hydrogens (primary N) is 1. The van der Waals surface area contributed by atoms with Crippen LogP contribution in [0.4, 0.5) is 0 Å². The van der Waals surface area contributed by atoms with Crippen molar-refractivity contribution in [3.05, 3.63) is 23.3 Å². The molecular weight excluding hydrogens is 214 g/mol. The highest BCUT2D eigenvalue weighted by atomic mass is 16.6. The Morgan fingerprint density at radius 3 is 2.47 bits per heavy atom. The van der Waals surface area contributed by atoms with Crippen LogP contribution in [-0.2, 0) is 6.42 Å². The van der Waals surface area contributed by atoms with Crippen molar-refractivity contribution in [3.8, 4) is 11.5 Å². The summed E-state index contributed by atoms with van der Waals surface area (Å²) in [7, 11) is 0. The minimum atomic E-state index is 0.428. The quantitative estimate of drug-likeness (QED) is 0.850. The zero-order valence-corrected chi connectivity index (χ0v) is 10.2. The first kappa shape index (κ1) is 10.9. The fourth-order valence-electron chi connectivity index (χ4n) is 2.72. The van der Waals surface area contributed by atoms with Crippen molar-refractivity contribution in [1.82, 2.24) is 0 Å². The number of ether oxygens (including phenoxy) is 2. The summed E-state index contributed by atoms with van der Waals surface area (Å²) in [5.74, 6) is 2.55. The number of aryl methyl sites for hydroxylation is 1. The van der Waals surface area contributed by atoms with Gasteiger partial charge in [0.1, 0.15) is 13.2 Å². The standard InChI is InChI=1S/C14H19NO2/c1-9-4-13-14(17-3-2-16-13)8-11(9)5-10-6-12(15)7-10/h4,8,10,12H,2-3,5-7,15H2,1H3. The van der Waals surface area contributed by atoms with Gasteiger partial charge in [0.15, 0.2) is 11.5 Å². The molecule has 3 nitrogen and oxygen atoms in total. The van der Waals surface area contributed by atoms with Gasteiger partial charge in [-0.2, -0.15) is 0 Å². The normalized spacial score (nSPS) is 26.5. The number of hydrogen-bond donors (Lipinski definition) is 1. The lowest BCUT2D eigenvalue weighted by Crippen LogP contribution is -2.37. The number of rotatable bonds is 2. The molecule has 1 aromatic rings. The SMILES string of the molecule is Cc1cc2c(cc1CC1CC(N)C1)OCCO2. The monoisotopic (exact) mass is 233 g/mol. The summed E-state index contributed by atoms with van der Waals surface area (Å²) in [6.45, 7) is 3.46. The predicted octanol–water partition coefficient (Wildman–Crippen LogP) is 2.05. The largest absolute Gasteiger partial charge is 0.486 e. The molecule has 1 aliphatic heterocycles. The van der Waals surface area contributed by atoms with E-state index < -0.39 is 0 Å². The van der Waals surface area contributed by atoms with Gasteiger partial charge in [-0.25, -0.2) is 0 Å². The molecule has 1 aliphatic carbocycles. The molecule has 17 heavy (non-hydrogen) atoms. The lowest BCUT2D eigenvalue weighted by atomic mass is 9.76. The molecule has 0 amide bonds. The molecule has 1 heterocycles. The van der Waals surface area contributed by atoms with Crippen LogP contribution in [0.5, 0.6) is 11.5 Å². The molecule has 0 aromatic heterocycles. The number of hydrogen-bond acceptors (Lipinski definition) is 3. The second-order valence-electron chi connectivity index (χ2n) is 5.22. The summed E-state index contributed by atoms with van der Waals surface area (Å²) >= 11 is 0. The fourth-order valence-corrected chi connectivity index (χ4v) is 2.72. The second kappa shape index (κ2) is 4.22. The molecule has 0 bridgehead atoms. The lowest BCUT2D eigenvalue weighted by molar-refractivity contribution is 0.171. The molecule has 2 N–H and O–H groups in total. The van der Waals surface area contributed by atoms with Crippen LogP contribution in [0.3, 0.4) is 0 Å². The summed E-state index contributed by atoms with van der Waals surface area (Å²) in [5, 5.41) is 0. The van der Waals surface area contributed by atoms with Crippen molar-refractivity contribution in [3.63, 3.8) is 0 Å². The van der Waals surface area contributed by atoms with E-state index in [4.69, 9.17) is 15.2 Å². The maximum atomic E-state index is 5.83. The summed E-state index contributed by atoms with van der Waals surface area (Å²) in [6.07, 6.45) is 3.44. The highest BCUT2D eigenvalue weighted by Crippen LogP contribution is 2.36. The van der Waals surface area contributed by atoms with Gasteiger partial charge in [0.2, 0.25) is 0 Å². The zero-order valence-electron chi connectivity index (χ0n) is 10.2. The van der Waals surface area contributed by atoms with E-state index >= 15 is 0 Å². The lowest BCUT2D eigenvalue weighted by Gasteiger charge is -2.33. The molecule has 0 unspecified atom stereocenters. The Balaban J connectivity index is 1.79. The number of fused-ring (bicyclic) bond motifs is 1. The average molecular weight is 233 g/mol. The minimum absolute atomic E-state index is 0.428. The van der Waals surface area contributed by atoms with Gasteiger partial charge in [0, 0.05) is 6.04 Å². The Hall–Kier alpha value is -1.22. The summed E-state index contributed by atoms with van der Waals surface area (Å²) < 4.78 is 11.2. The van der Waals surface area contributed by atoms with Crippen molar-refractivity contribution in [2.75, 3.05) is 13.2 Å². The topological polar surface area (TPSA) is 44.5 Å². The van der Waals surface area contributed by atoms with Crippen molar-refractivity contribution in [2.24, 2.45) is 11.7 Å². The van der Waals surface area contributed by atoms with E-state index in [1.165, 1.54) is 11.1 Å². The van der Waals surface area contributed by atoms with Crippen LogP contribution >= 0.6 is 0 Å². The third-order valence-corrected chi connectivity index (χ3v) is 3.78. The van der Waals surface area contributed by atoms with Crippen LogP contribution in [0.25, 0.3) is 0 Å². The Morgan fingerprint density at radius 1 is 1.18 bits per heavy atom. The van der Waals surface area contributed by atoms with Crippen molar-refractivity contribution < 1.29 is 9.47 Å². The Kier molecular flexibility index (Phi) is 2.71. The summed E-state index contributed by atoms with van der Waals surface area (Å²) in [6, 6.07) is 4.67. The van der Waals surface area contributed by atoms with E-state index in [9.17, 15) is 0 Å². The predicted molar refractivity (Wildman–Crippen MR) is 66.6 cm³/mol. The van der Waals surface area contributed by atoms with Crippen molar-refractivity contribution in [2.45, 2.75) is 32.2 Å². The zero-order chi connectivity index (χ0) is 11.8. The molecule has 0 spiro atoms. The van der Waals surface area contributed by atoms with Crippen LogP contribution in [0.1, 0.15) is 24.0 Å².